The van der Waals surface area contributed by atoms with Crippen LogP contribution in [0.5, 0.6) is 5.75 Å². The average Bonchev–Trinajstić information content (AvgIpc) is 2.57. The van der Waals surface area contributed by atoms with Crippen LogP contribution in [0.4, 0.5) is 27.8 Å². The van der Waals surface area contributed by atoms with E-state index in [4.69, 9.17) is 5.73 Å². The molecule has 0 saturated carbocycles. The van der Waals surface area contributed by atoms with Crippen LogP contribution in [0, 0.1) is 0 Å². The molecule has 0 spiro atoms. The van der Waals surface area contributed by atoms with E-state index in [1.807, 2.05) is 4.98 Å². The van der Waals surface area contributed by atoms with Crippen LogP contribution in [0.25, 0.3) is 11.1 Å². The number of nitrogens with one attached hydrogen (secondary N) is 1. The molecule has 0 bridgehead atoms. The molecule has 156 valence electrons. The van der Waals surface area contributed by atoms with Gasteiger partial charge < -0.3 is 25.7 Å². The van der Waals surface area contributed by atoms with E-state index in [1.165, 1.54) is 0 Å². The van der Waals surface area contributed by atoms with Crippen LogP contribution in [0.2, 0.25) is 0 Å². The van der Waals surface area contributed by atoms with Gasteiger partial charge in [-0.05, 0) is 17.7 Å². The van der Waals surface area contributed by atoms with Crippen molar-refractivity contribution in [3.8, 4) is 16.9 Å². The fourth-order valence-electron chi connectivity index (χ4n) is 2.52. The first kappa shape index (κ1) is 21.7. The summed E-state index contributed by atoms with van der Waals surface area (Å²) in [6, 6.07) is 1.56. The number of aromatic amines is 1. The molecule has 8 nitrogen and oxygen atoms in total. The Morgan fingerprint density at radius 1 is 1.14 bits per heavy atom. The first-order valence-electron chi connectivity index (χ1n) is 7.49. The van der Waals surface area contributed by atoms with Gasteiger partial charge in [-0.3, -0.25) is 4.79 Å². The molecule has 5 N–H and O–H groups in total. The molecule has 0 aliphatic carbocycles. The topological polar surface area (TPSA) is 143 Å². The molecule has 1 aromatic carbocycles. The molecule has 2 rings (SSSR count). The molecule has 29 heavy (non-hydrogen) atoms. The summed E-state index contributed by atoms with van der Waals surface area (Å²) in [5, 5.41) is 18.6. The second-order valence-electron chi connectivity index (χ2n) is 5.51. The molecule has 2 aromatic rings. The van der Waals surface area contributed by atoms with Gasteiger partial charge in [0, 0.05) is 5.56 Å². The van der Waals surface area contributed by atoms with Gasteiger partial charge in [0.25, 0.3) is 12.0 Å². The lowest BCUT2D eigenvalue weighted by Crippen LogP contribution is -2.24. The summed E-state index contributed by atoms with van der Waals surface area (Å²) in [4.78, 5) is 36.8. The molecule has 0 atom stereocenters. The second kappa shape index (κ2) is 7.77. The van der Waals surface area contributed by atoms with E-state index in [0.717, 1.165) is 0 Å². The Morgan fingerprint density at radius 3 is 2.21 bits per heavy atom. The number of ether oxygens (including phenoxy) is 1. The van der Waals surface area contributed by atoms with Crippen LogP contribution in [0.3, 0.4) is 0 Å². The fourth-order valence-corrected chi connectivity index (χ4v) is 2.52. The summed E-state index contributed by atoms with van der Waals surface area (Å²) in [7, 11) is 0. The maximum Gasteiger partial charge on any atom is 0.419 e. The maximum atomic E-state index is 13.1. The minimum Gasteiger partial charge on any atom is -0.487 e. The number of rotatable bonds is 6. The lowest BCUT2D eigenvalue weighted by Gasteiger charge is -2.17. The van der Waals surface area contributed by atoms with Gasteiger partial charge in [-0.1, -0.05) is 6.07 Å². The smallest absolute Gasteiger partial charge is 0.419 e. The Bertz CT molecular complexity index is 1030. The Morgan fingerprint density at radius 2 is 1.72 bits per heavy atom. The number of halogens is 5. The van der Waals surface area contributed by atoms with Crippen LogP contribution in [-0.2, 0) is 6.18 Å². The number of benzene rings is 1. The summed E-state index contributed by atoms with van der Waals surface area (Å²) in [5.41, 5.74) is -0.692. The molecule has 0 saturated heterocycles. The molecular formula is C16H11F5N2O6. The number of carboxylic acid groups (broad SMARTS) is 2. The number of alkyl halides is 5. The molecule has 1 heterocycles. The van der Waals surface area contributed by atoms with Crippen molar-refractivity contribution in [2.24, 2.45) is 0 Å². The monoisotopic (exact) mass is 422 g/mol. The molecule has 0 fully saturated rings. The summed E-state index contributed by atoms with van der Waals surface area (Å²) in [6.45, 7) is -1.42. The maximum absolute atomic E-state index is 13.1. The minimum atomic E-state index is -5.02. The SMILES string of the molecule is Nc1[nH]c(=O)c(C(=O)O)c(-c2ccc(C(F)(F)F)c(OCC(F)F)c2)c1C(=O)O. The molecule has 0 aliphatic heterocycles. The van der Waals surface area contributed by atoms with Gasteiger partial charge in [0.15, 0.2) is 0 Å². The molecular weight excluding hydrogens is 411 g/mol. The van der Waals surface area contributed by atoms with E-state index < -0.39 is 76.1 Å². The van der Waals surface area contributed by atoms with Crippen molar-refractivity contribution < 1.29 is 46.5 Å². The number of pyridine rings is 1. The predicted molar refractivity (Wildman–Crippen MR) is 87.3 cm³/mol. The summed E-state index contributed by atoms with van der Waals surface area (Å²) in [5.74, 6) is -5.54. The normalized spacial score (nSPS) is 11.5. The number of anilines is 1. The van der Waals surface area contributed by atoms with Crippen molar-refractivity contribution in [3.05, 3.63) is 45.2 Å². The van der Waals surface area contributed by atoms with Gasteiger partial charge in [0.2, 0.25) is 0 Å². The Labute approximate surface area is 157 Å². The van der Waals surface area contributed by atoms with Crippen molar-refractivity contribution in [1.29, 1.82) is 0 Å². The zero-order valence-electron chi connectivity index (χ0n) is 14.0. The number of H-pyrrole nitrogens is 1. The molecule has 13 heteroatoms. The average molecular weight is 422 g/mol. The largest absolute Gasteiger partial charge is 0.487 e. The molecule has 1 aromatic heterocycles. The zero-order valence-corrected chi connectivity index (χ0v) is 14.0. The summed E-state index contributed by atoms with van der Waals surface area (Å²) in [6.07, 6.45) is -8.15. The van der Waals surface area contributed by atoms with Crippen LogP contribution >= 0.6 is 0 Å². The van der Waals surface area contributed by atoms with Gasteiger partial charge in [0.1, 0.15) is 29.3 Å². The number of nitrogens with two attached hydrogens (primary N) is 1. The van der Waals surface area contributed by atoms with Gasteiger partial charge in [0.05, 0.1) is 5.56 Å². The van der Waals surface area contributed by atoms with Crippen molar-refractivity contribution in [2.75, 3.05) is 12.3 Å². The van der Waals surface area contributed by atoms with Gasteiger partial charge in [-0.15, -0.1) is 0 Å². The summed E-state index contributed by atoms with van der Waals surface area (Å²) >= 11 is 0. The number of nitrogen functional groups attached to an aromatic ring is 1. The first-order chi connectivity index (χ1) is 13.3. The first-order valence-corrected chi connectivity index (χ1v) is 7.49. The zero-order chi connectivity index (χ0) is 22.1. The third kappa shape index (κ3) is 4.44. The van der Waals surface area contributed by atoms with Crippen molar-refractivity contribution >= 4 is 17.8 Å². The van der Waals surface area contributed by atoms with Crippen molar-refractivity contribution in [1.82, 2.24) is 4.98 Å². The van der Waals surface area contributed by atoms with E-state index in [9.17, 15) is 46.5 Å². The van der Waals surface area contributed by atoms with E-state index in [1.54, 1.807) is 0 Å². The fraction of sp³-hybridized carbons (Fsp3) is 0.188. The molecule has 0 unspecified atom stereocenters. The molecule has 0 radical (unpaired) electrons. The number of carbonyl (C=O) groups is 2. The highest BCUT2D eigenvalue weighted by Gasteiger charge is 2.35. The van der Waals surface area contributed by atoms with Crippen LogP contribution in [-0.4, -0.2) is 40.2 Å². The van der Waals surface area contributed by atoms with Crippen molar-refractivity contribution in [3.63, 3.8) is 0 Å². The lowest BCUT2D eigenvalue weighted by atomic mass is 9.94. The van der Waals surface area contributed by atoms with Crippen LogP contribution < -0.4 is 16.0 Å². The lowest BCUT2D eigenvalue weighted by molar-refractivity contribution is -0.139. The Balaban J connectivity index is 2.87. The Kier molecular flexibility index (Phi) is 5.80. The van der Waals surface area contributed by atoms with E-state index in [0.29, 0.717) is 18.2 Å². The van der Waals surface area contributed by atoms with Gasteiger partial charge in [-0.25, -0.2) is 18.4 Å². The van der Waals surface area contributed by atoms with Crippen LogP contribution in [0.15, 0.2) is 23.0 Å². The van der Waals surface area contributed by atoms with Gasteiger partial charge in [-0.2, -0.15) is 13.2 Å². The highest BCUT2D eigenvalue weighted by atomic mass is 19.4. The number of aromatic nitrogens is 1. The predicted octanol–water partition coefficient (Wildman–Crippen LogP) is 2.68. The highest BCUT2D eigenvalue weighted by molar-refractivity contribution is 6.07. The highest BCUT2D eigenvalue weighted by Crippen LogP contribution is 2.40. The number of aromatic carboxylic acids is 2. The molecule has 0 aliphatic rings. The molecule has 0 amide bonds. The number of carboxylic acids is 2. The number of hydrogen-bond acceptors (Lipinski definition) is 5. The van der Waals surface area contributed by atoms with E-state index in [-0.39, 0.29) is 0 Å². The quantitative estimate of drug-likeness (QED) is 0.524. The number of hydrogen-bond donors (Lipinski definition) is 4. The van der Waals surface area contributed by atoms with E-state index in [2.05, 4.69) is 4.74 Å². The standard InChI is InChI=1S/C16H11F5N2O6/c17-8(18)4-29-7-3-5(1-2-6(7)16(19,20)21)9-10(14(25)26)12(22)23-13(24)11(9)15(27)28/h1-3,8H,4H2,(H,25,26)(H,27,28)(H3,22,23,24). The summed E-state index contributed by atoms with van der Waals surface area (Å²) < 4.78 is 68.6. The van der Waals surface area contributed by atoms with Crippen LogP contribution in [0.1, 0.15) is 26.3 Å². The van der Waals surface area contributed by atoms with Crippen molar-refractivity contribution in [2.45, 2.75) is 12.6 Å². The minimum absolute atomic E-state index is 0.380. The van der Waals surface area contributed by atoms with Gasteiger partial charge >= 0.3 is 18.1 Å². The third-order valence-electron chi connectivity index (χ3n) is 3.61. The second-order valence-corrected chi connectivity index (χ2v) is 5.51. The Hall–Kier alpha value is -3.64. The van der Waals surface area contributed by atoms with E-state index >= 15 is 0 Å². The third-order valence-corrected chi connectivity index (χ3v) is 3.61.